The van der Waals surface area contributed by atoms with Gasteiger partial charge in [-0.25, -0.2) is 4.79 Å². The Hall–Kier alpha value is -3.53. The fraction of sp³-hybridized carbons (Fsp3) is 0.190. The molecule has 0 saturated heterocycles. The monoisotopic (exact) mass is 482 g/mol. The highest BCUT2D eigenvalue weighted by atomic mass is 79.9. The van der Waals surface area contributed by atoms with Crippen LogP contribution in [0.25, 0.3) is 11.2 Å². The maximum absolute atomic E-state index is 12.9. The van der Waals surface area contributed by atoms with Crippen molar-refractivity contribution in [3.8, 4) is 5.75 Å². The Labute approximate surface area is 185 Å². The van der Waals surface area contributed by atoms with Gasteiger partial charge >= 0.3 is 5.69 Å². The first-order chi connectivity index (χ1) is 14.9. The zero-order valence-electron chi connectivity index (χ0n) is 16.9. The quantitative estimate of drug-likeness (QED) is 0.440. The topological polar surface area (TPSA) is 107 Å². The number of imidazole rings is 1. The Morgan fingerprint density at radius 3 is 2.58 bits per heavy atom. The number of halogens is 1. The average molecular weight is 483 g/mol. The van der Waals surface area contributed by atoms with Crippen molar-refractivity contribution in [1.29, 1.82) is 0 Å². The molecule has 10 heteroatoms. The molecule has 0 atom stereocenters. The van der Waals surface area contributed by atoms with Gasteiger partial charge in [-0.05, 0) is 29.3 Å². The van der Waals surface area contributed by atoms with Crippen LogP contribution in [0.15, 0.2) is 72.8 Å². The maximum Gasteiger partial charge on any atom is 0.332 e. The molecule has 0 unspecified atom stereocenters. The molecule has 158 valence electrons. The first kappa shape index (κ1) is 20.7. The highest BCUT2D eigenvalue weighted by Gasteiger charge is 2.19. The van der Waals surface area contributed by atoms with Crippen molar-refractivity contribution in [3.63, 3.8) is 0 Å². The summed E-state index contributed by atoms with van der Waals surface area (Å²) in [5, 5.41) is 18.1. The predicted molar refractivity (Wildman–Crippen MR) is 120 cm³/mol. The Kier molecular flexibility index (Phi) is 5.55. The summed E-state index contributed by atoms with van der Waals surface area (Å²) >= 11 is 3.53. The number of aromatic nitrogens is 4. The van der Waals surface area contributed by atoms with Crippen molar-refractivity contribution < 1.29 is 5.11 Å². The Balaban J connectivity index is 1.85. The van der Waals surface area contributed by atoms with E-state index in [1.165, 1.54) is 11.6 Å². The Morgan fingerprint density at radius 1 is 1.06 bits per heavy atom. The molecule has 0 saturated carbocycles. The summed E-state index contributed by atoms with van der Waals surface area (Å²) < 4.78 is 4.90. The minimum atomic E-state index is -0.466. The van der Waals surface area contributed by atoms with Crippen molar-refractivity contribution in [3.05, 3.63) is 85.0 Å². The second-order valence-electron chi connectivity index (χ2n) is 7.04. The smallest absolute Gasteiger partial charge is 0.332 e. The van der Waals surface area contributed by atoms with Gasteiger partial charge in [-0.2, -0.15) is 10.1 Å². The summed E-state index contributed by atoms with van der Waals surface area (Å²) in [6.45, 7) is 0.537. The molecule has 9 nitrogen and oxygen atoms in total. The Bertz CT molecular complexity index is 1430. The van der Waals surface area contributed by atoms with Crippen LogP contribution >= 0.6 is 15.9 Å². The van der Waals surface area contributed by atoms with Gasteiger partial charge in [0.25, 0.3) is 11.5 Å². The number of fused-ring (bicyclic) bond motifs is 1. The third kappa shape index (κ3) is 3.93. The molecule has 0 aliphatic rings. The van der Waals surface area contributed by atoms with Crippen LogP contribution in [-0.4, -0.2) is 23.8 Å². The molecule has 4 aromatic rings. The van der Waals surface area contributed by atoms with Gasteiger partial charge in [0, 0.05) is 18.6 Å². The number of phenols is 1. The first-order valence-corrected chi connectivity index (χ1v) is 10.2. The third-order valence-electron chi connectivity index (χ3n) is 4.94. The van der Waals surface area contributed by atoms with Gasteiger partial charge in [0.1, 0.15) is 5.75 Å². The van der Waals surface area contributed by atoms with E-state index in [2.05, 4.69) is 31.1 Å². The number of hydrogen-bond donors (Lipinski definition) is 1. The predicted octanol–water partition coefficient (Wildman–Crippen LogP) is 3.23. The molecule has 0 bridgehead atoms. The van der Waals surface area contributed by atoms with Gasteiger partial charge in [0.2, 0.25) is 0 Å². The summed E-state index contributed by atoms with van der Waals surface area (Å²) in [7, 11) is 3.00. The maximum atomic E-state index is 12.9. The zero-order valence-corrected chi connectivity index (χ0v) is 18.4. The van der Waals surface area contributed by atoms with E-state index in [1.807, 2.05) is 30.3 Å². The number of azo groups is 1. The van der Waals surface area contributed by atoms with E-state index in [4.69, 9.17) is 0 Å². The minimum absolute atomic E-state index is 0.146. The van der Waals surface area contributed by atoms with Gasteiger partial charge in [-0.1, -0.05) is 46.3 Å². The van der Waals surface area contributed by atoms with Crippen LogP contribution in [0.3, 0.4) is 0 Å². The van der Waals surface area contributed by atoms with E-state index in [1.54, 1.807) is 29.8 Å². The van der Waals surface area contributed by atoms with Crippen molar-refractivity contribution in [2.45, 2.75) is 13.1 Å². The highest BCUT2D eigenvalue weighted by Crippen LogP contribution is 2.24. The number of rotatable bonds is 5. The third-order valence-corrected chi connectivity index (χ3v) is 5.71. The molecule has 0 amide bonds. The number of aromatic hydroxyl groups is 1. The van der Waals surface area contributed by atoms with Gasteiger partial charge < -0.3 is 5.11 Å². The second-order valence-corrected chi connectivity index (χ2v) is 7.89. The normalized spacial score (nSPS) is 11.6. The van der Waals surface area contributed by atoms with Crippen LogP contribution in [0.2, 0.25) is 0 Å². The van der Waals surface area contributed by atoms with E-state index in [0.717, 1.165) is 20.2 Å². The molecule has 4 rings (SSSR count). The standard InChI is InChI=1S/C21H19BrN6O3/c1-26-18-17(19(30)27(2)21(26)31)28(12-14-7-3-4-9-16(14)22)20(24-18)25-23-11-13-6-5-8-15(29)10-13/h3-10,29H,11-12H2,1-2H3. The van der Waals surface area contributed by atoms with Gasteiger partial charge in [-0.15, -0.1) is 5.11 Å². The SMILES string of the molecule is Cn1c(=O)c2c(nc(N=NCc3cccc(O)c3)n2Cc2ccccc2Br)n(C)c1=O. The molecule has 31 heavy (non-hydrogen) atoms. The van der Waals surface area contributed by atoms with Crippen LogP contribution in [-0.2, 0) is 27.2 Å². The number of benzene rings is 2. The van der Waals surface area contributed by atoms with E-state index < -0.39 is 11.2 Å². The lowest BCUT2D eigenvalue weighted by Crippen LogP contribution is -2.37. The second kappa shape index (κ2) is 8.31. The van der Waals surface area contributed by atoms with E-state index in [9.17, 15) is 14.7 Å². The fourth-order valence-electron chi connectivity index (χ4n) is 3.29. The van der Waals surface area contributed by atoms with Crippen molar-refractivity contribution >= 4 is 33.0 Å². The molecule has 0 radical (unpaired) electrons. The van der Waals surface area contributed by atoms with Gasteiger partial charge in [-0.3, -0.25) is 18.5 Å². The van der Waals surface area contributed by atoms with Crippen LogP contribution in [0.4, 0.5) is 5.95 Å². The van der Waals surface area contributed by atoms with E-state index >= 15 is 0 Å². The summed E-state index contributed by atoms with van der Waals surface area (Å²) in [5.74, 6) is 0.358. The minimum Gasteiger partial charge on any atom is -0.508 e. The lowest BCUT2D eigenvalue weighted by Gasteiger charge is -2.09. The first-order valence-electron chi connectivity index (χ1n) is 9.42. The lowest BCUT2D eigenvalue weighted by molar-refractivity contribution is 0.474. The van der Waals surface area contributed by atoms with E-state index in [-0.39, 0.29) is 29.4 Å². The molecule has 0 aliphatic carbocycles. The van der Waals surface area contributed by atoms with Crippen LogP contribution in [0.1, 0.15) is 11.1 Å². The fourth-order valence-corrected chi connectivity index (χ4v) is 3.70. The molecular formula is C21H19BrN6O3. The number of phenolic OH excluding ortho intramolecular Hbond substituents is 1. The van der Waals surface area contributed by atoms with E-state index in [0.29, 0.717) is 6.54 Å². The molecule has 2 aromatic heterocycles. The largest absolute Gasteiger partial charge is 0.508 e. The highest BCUT2D eigenvalue weighted by molar-refractivity contribution is 9.10. The van der Waals surface area contributed by atoms with Crippen molar-refractivity contribution in [2.75, 3.05) is 0 Å². The molecule has 2 aromatic carbocycles. The zero-order chi connectivity index (χ0) is 22.1. The molecule has 0 fully saturated rings. The molecule has 1 N–H and O–H groups in total. The summed E-state index contributed by atoms with van der Waals surface area (Å²) in [4.78, 5) is 29.7. The molecule has 2 heterocycles. The summed E-state index contributed by atoms with van der Waals surface area (Å²) in [6, 6.07) is 14.4. The van der Waals surface area contributed by atoms with Gasteiger partial charge in [0.15, 0.2) is 11.2 Å². The van der Waals surface area contributed by atoms with Crippen molar-refractivity contribution in [2.24, 2.45) is 24.3 Å². The lowest BCUT2D eigenvalue weighted by atomic mass is 10.2. The summed E-state index contributed by atoms with van der Waals surface area (Å²) in [5.41, 5.74) is 1.29. The molecule has 0 spiro atoms. The molecule has 0 aliphatic heterocycles. The average Bonchev–Trinajstić information content (AvgIpc) is 3.11. The summed E-state index contributed by atoms with van der Waals surface area (Å²) in [6.07, 6.45) is 0. The molecular weight excluding hydrogens is 464 g/mol. The Morgan fingerprint density at radius 2 is 1.84 bits per heavy atom. The number of hydrogen-bond acceptors (Lipinski definition) is 6. The van der Waals surface area contributed by atoms with Gasteiger partial charge in [0.05, 0.1) is 13.1 Å². The van der Waals surface area contributed by atoms with Crippen molar-refractivity contribution in [1.82, 2.24) is 18.7 Å². The number of nitrogens with zero attached hydrogens (tertiary/aromatic N) is 6. The van der Waals surface area contributed by atoms with Crippen LogP contribution < -0.4 is 11.2 Å². The van der Waals surface area contributed by atoms with Crippen LogP contribution in [0, 0.1) is 0 Å². The number of aryl methyl sites for hydroxylation is 1. The van der Waals surface area contributed by atoms with Crippen LogP contribution in [0.5, 0.6) is 5.75 Å².